The molecule has 5 nitrogen and oxygen atoms in total. The number of hydrogen-bond acceptors (Lipinski definition) is 3. The Balaban J connectivity index is 2.09. The van der Waals surface area contributed by atoms with Crippen LogP contribution in [0.1, 0.15) is 31.2 Å². The highest BCUT2D eigenvalue weighted by Crippen LogP contribution is 2.29. The molecular formula is C15H22N2O3S. The minimum absolute atomic E-state index is 0.126. The molecule has 0 aliphatic carbocycles. The summed E-state index contributed by atoms with van der Waals surface area (Å²) in [5.74, 6) is 0.526. The molecule has 0 aromatic heterocycles. The molecule has 1 saturated heterocycles. The summed E-state index contributed by atoms with van der Waals surface area (Å²) in [5.41, 5.74) is 1.15. The number of rotatable bonds is 3. The van der Waals surface area contributed by atoms with Gasteiger partial charge in [-0.1, -0.05) is 12.1 Å². The van der Waals surface area contributed by atoms with Crippen molar-refractivity contribution in [2.24, 2.45) is 0 Å². The summed E-state index contributed by atoms with van der Waals surface area (Å²) < 4.78 is 25.3. The number of piperidine rings is 1. The Hall–Kier alpha value is -1.40. The van der Waals surface area contributed by atoms with Gasteiger partial charge in [-0.15, -0.1) is 0 Å². The second kappa shape index (κ2) is 6.15. The van der Waals surface area contributed by atoms with Gasteiger partial charge in [0.05, 0.1) is 4.90 Å². The fourth-order valence-corrected chi connectivity index (χ4v) is 3.55. The van der Waals surface area contributed by atoms with Crippen LogP contribution in [0.3, 0.4) is 0 Å². The minimum Gasteiger partial charge on any atom is -0.343 e. The van der Waals surface area contributed by atoms with Crippen molar-refractivity contribution in [3.63, 3.8) is 0 Å². The Morgan fingerprint density at radius 1 is 1.14 bits per heavy atom. The lowest BCUT2D eigenvalue weighted by molar-refractivity contribution is -0.129. The third kappa shape index (κ3) is 3.44. The van der Waals surface area contributed by atoms with Gasteiger partial charge in [-0.3, -0.25) is 4.79 Å². The van der Waals surface area contributed by atoms with Gasteiger partial charge >= 0.3 is 0 Å². The summed E-state index contributed by atoms with van der Waals surface area (Å²) in [4.78, 5) is 13.5. The molecular weight excluding hydrogens is 288 g/mol. The van der Waals surface area contributed by atoms with E-state index in [1.807, 2.05) is 17.0 Å². The van der Waals surface area contributed by atoms with Crippen molar-refractivity contribution in [3.05, 3.63) is 29.8 Å². The molecule has 1 heterocycles. The largest absolute Gasteiger partial charge is 0.343 e. The number of sulfonamides is 1. The molecule has 1 aliphatic rings. The summed E-state index contributed by atoms with van der Waals surface area (Å²) in [5, 5.41) is 0. The molecule has 0 spiro atoms. The first kappa shape index (κ1) is 16.0. The highest BCUT2D eigenvalue weighted by molar-refractivity contribution is 7.89. The van der Waals surface area contributed by atoms with Crippen LogP contribution < -0.4 is 0 Å². The maximum atomic E-state index is 12.0. The van der Waals surface area contributed by atoms with Gasteiger partial charge in [-0.2, -0.15) is 0 Å². The molecule has 0 unspecified atom stereocenters. The Bertz CT molecular complexity index is 600. The topological polar surface area (TPSA) is 57.7 Å². The van der Waals surface area contributed by atoms with Crippen LogP contribution in [0.25, 0.3) is 0 Å². The zero-order valence-corrected chi connectivity index (χ0v) is 13.6. The minimum atomic E-state index is -3.36. The Morgan fingerprint density at radius 3 is 2.10 bits per heavy atom. The second-order valence-corrected chi connectivity index (χ2v) is 7.79. The van der Waals surface area contributed by atoms with E-state index in [0.29, 0.717) is 10.8 Å². The number of likely N-dealkylation sites (tertiary alicyclic amines) is 1. The summed E-state index contributed by atoms with van der Waals surface area (Å²) in [7, 11) is -0.307. The molecule has 1 aromatic rings. The standard InChI is InChI=1S/C15H22N2O3S/c1-12(18)17-10-8-14(9-11-17)13-4-6-15(7-5-13)21(19,20)16(2)3/h4-7,14H,8-11H2,1-3H3. The third-order valence-electron chi connectivity index (χ3n) is 4.07. The lowest BCUT2D eigenvalue weighted by Crippen LogP contribution is -2.36. The molecule has 2 rings (SSSR count). The van der Waals surface area contributed by atoms with Crippen LogP contribution >= 0.6 is 0 Å². The summed E-state index contributed by atoms with van der Waals surface area (Å²) in [6.07, 6.45) is 1.86. The highest BCUT2D eigenvalue weighted by atomic mass is 32.2. The second-order valence-electron chi connectivity index (χ2n) is 5.64. The third-order valence-corrected chi connectivity index (χ3v) is 5.90. The Morgan fingerprint density at radius 2 is 1.67 bits per heavy atom. The fourth-order valence-electron chi connectivity index (χ4n) is 2.65. The van der Waals surface area contributed by atoms with E-state index in [4.69, 9.17) is 0 Å². The fraction of sp³-hybridized carbons (Fsp3) is 0.533. The molecule has 0 N–H and O–H groups in total. The summed E-state index contributed by atoms with van der Waals surface area (Å²) in [6.45, 7) is 3.15. The van der Waals surface area contributed by atoms with Crippen LogP contribution in [-0.2, 0) is 14.8 Å². The first-order valence-corrected chi connectivity index (χ1v) is 8.54. The van der Waals surface area contributed by atoms with E-state index in [2.05, 4.69) is 0 Å². The molecule has 0 saturated carbocycles. The van der Waals surface area contributed by atoms with Gasteiger partial charge in [0.25, 0.3) is 0 Å². The highest BCUT2D eigenvalue weighted by Gasteiger charge is 2.23. The van der Waals surface area contributed by atoms with Gasteiger partial charge in [0, 0.05) is 34.1 Å². The van der Waals surface area contributed by atoms with E-state index in [0.717, 1.165) is 31.5 Å². The molecule has 0 bridgehead atoms. The first-order chi connectivity index (χ1) is 9.82. The SMILES string of the molecule is CC(=O)N1CCC(c2ccc(S(=O)(=O)N(C)C)cc2)CC1. The van der Waals surface area contributed by atoms with Crippen LogP contribution in [0.15, 0.2) is 29.2 Å². The number of hydrogen-bond donors (Lipinski definition) is 0. The van der Waals surface area contributed by atoms with Crippen molar-refractivity contribution in [2.75, 3.05) is 27.2 Å². The normalized spacial score (nSPS) is 17.2. The quantitative estimate of drug-likeness (QED) is 0.853. The predicted molar refractivity (Wildman–Crippen MR) is 81.5 cm³/mol. The summed E-state index contributed by atoms with van der Waals surface area (Å²) >= 11 is 0. The Labute approximate surface area is 126 Å². The molecule has 1 fully saturated rings. The molecule has 116 valence electrons. The van der Waals surface area contributed by atoms with Crippen LogP contribution in [0.5, 0.6) is 0 Å². The average Bonchev–Trinajstić information content (AvgIpc) is 2.47. The lowest BCUT2D eigenvalue weighted by Gasteiger charge is -2.31. The van der Waals surface area contributed by atoms with E-state index in [9.17, 15) is 13.2 Å². The maximum absolute atomic E-state index is 12.0. The number of carbonyl (C=O) groups is 1. The maximum Gasteiger partial charge on any atom is 0.242 e. The smallest absolute Gasteiger partial charge is 0.242 e. The van der Waals surface area contributed by atoms with Crippen molar-refractivity contribution in [2.45, 2.75) is 30.6 Å². The first-order valence-electron chi connectivity index (χ1n) is 7.10. The predicted octanol–water partition coefficient (Wildman–Crippen LogP) is 1.66. The van der Waals surface area contributed by atoms with Gasteiger partial charge in [0.1, 0.15) is 0 Å². The molecule has 1 amide bonds. The Kier molecular flexibility index (Phi) is 4.68. The molecule has 1 aliphatic heterocycles. The molecule has 0 radical (unpaired) electrons. The van der Waals surface area contributed by atoms with Crippen molar-refractivity contribution >= 4 is 15.9 Å². The van der Waals surface area contributed by atoms with E-state index < -0.39 is 10.0 Å². The van der Waals surface area contributed by atoms with Crippen LogP contribution in [0, 0.1) is 0 Å². The van der Waals surface area contributed by atoms with E-state index in [1.54, 1.807) is 19.1 Å². The van der Waals surface area contributed by atoms with Crippen molar-refractivity contribution in [1.29, 1.82) is 0 Å². The number of benzene rings is 1. The van der Waals surface area contributed by atoms with Crippen LogP contribution in [-0.4, -0.2) is 50.7 Å². The molecule has 6 heteroatoms. The van der Waals surface area contributed by atoms with Gasteiger partial charge in [-0.05, 0) is 36.5 Å². The van der Waals surface area contributed by atoms with Crippen molar-refractivity contribution in [3.8, 4) is 0 Å². The van der Waals surface area contributed by atoms with Crippen LogP contribution in [0.4, 0.5) is 0 Å². The van der Waals surface area contributed by atoms with E-state index in [-0.39, 0.29) is 5.91 Å². The van der Waals surface area contributed by atoms with Gasteiger partial charge in [0.15, 0.2) is 0 Å². The van der Waals surface area contributed by atoms with E-state index >= 15 is 0 Å². The molecule has 21 heavy (non-hydrogen) atoms. The summed E-state index contributed by atoms with van der Waals surface area (Å²) in [6, 6.07) is 7.12. The zero-order valence-electron chi connectivity index (χ0n) is 12.7. The number of nitrogens with zero attached hydrogens (tertiary/aromatic N) is 2. The van der Waals surface area contributed by atoms with Gasteiger partial charge < -0.3 is 4.90 Å². The number of carbonyl (C=O) groups excluding carboxylic acids is 1. The average molecular weight is 310 g/mol. The monoisotopic (exact) mass is 310 g/mol. The van der Waals surface area contributed by atoms with Crippen molar-refractivity contribution in [1.82, 2.24) is 9.21 Å². The zero-order chi connectivity index (χ0) is 15.6. The van der Waals surface area contributed by atoms with E-state index in [1.165, 1.54) is 18.4 Å². The molecule has 0 atom stereocenters. The number of amides is 1. The molecule has 1 aromatic carbocycles. The van der Waals surface area contributed by atoms with Crippen LogP contribution in [0.2, 0.25) is 0 Å². The van der Waals surface area contributed by atoms with Gasteiger partial charge in [0.2, 0.25) is 15.9 Å². The van der Waals surface area contributed by atoms with Gasteiger partial charge in [-0.25, -0.2) is 12.7 Å². The lowest BCUT2D eigenvalue weighted by atomic mass is 9.89. The van der Waals surface area contributed by atoms with Crippen molar-refractivity contribution < 1.29 is 13.2 Å².